The molecule has 1 saturated carbocycles. The molecule has 5 rings (SSSR count). The summed E-state index contributed by atoms with van der Waals surface area (Å²) in [6, 6.07) is 10.2. The van der Waals surface area contributed by atoms with Gasteiger partial charge in [0.2, 0.25) is 5.75 Å². The van der Waals surface area contributed by atoms with Crippen LogP contribution >= 0.6 is 0 Å². The number of ketones is 1. The number of rotatable bonds is 7. The number of methoxy groups -OCH3 is 2. The molecule has 3 aliphatic rings. The van der Waals surface area contributed by atoms with E-state index in [4.69, 9.17) is 14.2 Å². The summed E-state index contributed by atoms with van der Waals surface area (Å²) >= 11 is 0. The van der Waals surface area contributed by atoms with Crippen molar-refractivity contribution in [1.29, 1.82) is 0 Å². The number of dihydropyridines is 1. The van der Waals surface area contributed by atoms with Crippen LogP contribution in [0.3, 0.4) is 0 Å². The van der Waals surface area contributed by atoms with Gasteiger partial charge in [0.15, 0.2) is 11.5 Å². The number of para-hydroxylation sites is 1. The molecule has 1 aliphatic heterocycles. The van der Waals surface area contributed by atoms with Crippen molar-refractivity contribution in [2.24, 2.45) is 0 Å². The van der Waals surface area contributed by atoms with Crippen LogP contribution in [-0.4, -0.2) is 42.1 Å². The summed E-state index contributed by atoms with van der Waals surface area (Å²) in [6.45, 7) is 1.74. The second-order valence-electron chi connectivity index (χ2n) is 10.4. The summed E-state index contributed by atoms with van der Waals surface area (Å²) in [5.41, 5.74) is 2.34. The summed E-state index contributed by atoms with van der Waals surface area (Å²) < 4.78 is 16.7. The Morgan fingerprint density at radius 2 is 1.77 bits per heavy atom. The Morgan fingerprint density at radius 3 is 2.45 bits per heavy atom. The monoisotopic (exact) mass is 548 g/mol. The van der Waals surface area contributed by atoms with Gasteiger partial charge in [-0.2, -0.15) is 0 Å². The van der Waals surface area contributed by atoms with Crippen LogP contribution in [0.4, 0.5) is 5.69 Å². The number of carbonyl (C=O) groups is 2. The average molecular weight is 549 g/mol. The lowest BCUT2D eigenvalue weighted by Gasteiger charge is -2.37. The minimum absolute atomic E-state index is 0.124. The molecule has 0 bridgehead atoms. The molecule has 2 N–H and O–H groups in total. The Morgan fingerprint density at radius 1 is 1.07 bits per heavy atom. The molecule has 0 aromatic heterocycles. The van der Waals surface area contributed by atoms with Crippen molar-refractivity contribution in [3.05, 3.63) is 80.2 Å². The minimum Gasteiger partial charge on any atom is -0.500 e. The highest BCUT2D eigenvalue weighted by atomic mass is 16.6. The minimum atomic E-state index is -0.940. The maximum atomic E-state index is 13.9. The number of esters is 1. The van der Waals surface area contributed by atoms with E-state index >= 15 is 0 Å². The number of nitrogens with one attached hydrogen (secondary N) is 1. The standard InChI is InChI=1S/C30H32N2O8/c1-16-26(30(35)40-19-8-4-5-9-19)27(18-13-22(32(36)37)29(34)25(15-18)39-3)28-21(31-16)12-17(14-23(28)33)20-10-6-7-11-24(20)38-2/h6-7,10-11,13,15,17,19,27,31,34H,4-5,8-9,12,14H2,1-3H3/t17-,27-/m0/s1. The Kier molecular flexibility index (Phi) is 7.51. The molecule has 2 aliphatic carbocycles. The van der Waals surface area contributed by atoms with Crippen molar-refractivity contribution in [2.45, 2.75) is 63.4 Å². The third kappa shape index (κ3) is 4.89. The van der Waals surface area contributed by atoms with Crippen LogP contribution in [0.2, 0.25) is 0 Å². The van der Waals surface area contributed by atoms with Crippen LogP contribution in [0.1, 0.15) is 68.4 Å². The maximum absolute atomic E-state index is 13.9. The van der Waals surface area contributed by atoms with Gasteiger partial charge in [-0.3, -0.25) is 14.9 Å². The number of Topliss-reactive ketones (excluding diaryl/α,β-unsaturated/α-hetero) is 1. The van der Waals surface area contributed by atoms with E-state index in [0.717, 1.165) is 31.2 Å². The second-order valence-corrected chi connectivity index (χ2v) is 10.4. The first-order valence-corrected chi connectivity index (χ1v) is 13.4. The van der Waals surface area contributed by atoms with Gasteiger partial charge in [-0.25, -0.2) is 4.79 Å². The van der Waals surface area contributed by atoms with E-state index < -0.39 is 28.2 Å². The number of hydrogen-bond acceptors (Lipinski definition) is 9. The van der Waals surface area contributed by atoms with Crippen LogP contribution in [0.5, 0.6) is 17.2 Å². The largest absolute Gasteiger partial charge is 0.500 e. The lowest BCUT2D eigenvalue weighted by molar-refractivity contribution is -0.386. The van der Waals surface area contributed by atoms with Gasteiger partial charge < -0.3 is 24.6 Å². The highest BCUT2D eigenvalue weighted by molar-refractivity contribution is 6.04. The summed E-state index contributed by atoms with van der Waals surface area (Å²) in [4.78, 5) is 38.7. The van der Waals surface area contributed by atoms with E-state index in [1.165, 1.54) is 19.2 Å². The second kappa shape index (κ2) is 11.0. The maximum Gasteiger partial charge on any atom is 0.337 e. The zero-order valence-corrected chi connectivity index (χ0v) is 22.7. The van der Waals surface area contributed by atoms with Gasteiger partial charge in [0.25, 0.3) is 0 Å². The molecule has 2 aromatic carbocycles. The van der Waals surface area contributed by atoms with Crippen molar-refractivity contribution in [3.8, 4) is 17.2 Å². The first-order chi connectivity index (χ1) is 19.2. The predicted molar refractivity (Wildman–Crippen MR) is 145 cm³/mol. The van der Waals surface area contributed by atoms with Crippen molar-refractivity contribution < 1.29 is 33.8 Å². The number of phenols is 1. The van der Waals surface area contributed by atoms with E-state index in [2.05, 4.69) is 5.32 Å². The molecule has 210 valence electrons. The van der Waals surface area contributed by atoms with Crippen LogP contribution in [-0.2, 0) is 14.3 Å². The Hall–Kier alpha value is -4.34. The van der Waals surface area contributed by atoms with Crippen molar-refractivity contribution >= 4 is 17.4 Å². The first kappa shape index (κ1) is 27.2. The topological polar surface area (TPSA) is 137 Å². The van der Waals surface area contributed by atoms with E-state index in [-0.39, 0.29) is 41.1 Å². The van der Waals surface area contributed by atoms with Crippen molar-refractivity contribution in [1.82, 2.24) is 5.32 Å². The molecule has 1 heterocycles. The fourth-order valence-corrected chi connectivity index (χ4v) is 6.16. The van der Waals surface area contributed by atoms with E-state index in [1.807, 2.05) is 24.3 Å². The molecular weight excluding hydrogens is 516 g/mol. The number of aromatic hydroxyl groups is 1. The number of nitro benzene ring substituents is 1. The molecule has 0 saturated heterocycles. The molecule has 1 fully saturated rings. The van der Waals surface area contributed by atoms with E-state index in [1.54, 1.807) is 14.0 Å². The molecule has 0 radical (unpaired) electrons. The number of phenolic OH excluding ortho intramolecular Hbond substituents is 1. The number of ether oxygens (including phenoxy) is 3. The van der Waals surface area contributed by atoms with Gasteiger partial charge in [-0.1, -0.05) is 18.2 Å². The zero-order chi connectivity index (χ0) is 28.6. The van der Waals surface area contributed by atoms with Gasteiger partial charge >= 0.3 is 11.7 Å². The summed E-state index contributed by atoms with van der Waals surface area (Å²) in [7, 11) is 2.87. The molecule has 0 unspecified atom stereocenters. The lowest BCUT2D eigenvalue weighted by Crippen LogP contribution is -2.36. The number of benzene rings is 2. The Balaban J connectivity index is 1.64. The summed E-state index contributed by atoms with van der Waals surface area (Å²) in [6.07, 6.45) is 3.89. The highest BCUT2D eigenvalue weighted by Gasteiger charge is 2.43. The molecule has 10 heteroatoms. The number of hydrogen-bond donors (Lipinski definition) is 2. The molecule has 0 amide bonds. The molecule has 2 aromatic rings. The van der Waals surface area contributed by atoms with Gasteiger partial charge in [0, 0.05) is 41.3 Å². The van der Waals surface area contributed by atoms with E-state index in [9.17, 15) is 24.8 Å². The zero-order valence-electron chi connectivity index (χ0n) is 22.7. The Bertz CT molecular complexity index is 1440. The first-order valence-electron chi connectivity index (χ1n) is 13.4. The number of allylic oxidation sites excluding steroid dienone is 3. The van der Waals surface area contributed by atoms with Gasteiger partial charge in [0.05, 0.1) is 24.7 Å². The normalized spacial score (nSPS) is 21.1. The predicted octanol–water partition coefficient (Wildman–Crippen LogP) is 5.17. The van der Waals surface area contributed by atoms with Crippen LogP contribution < -0.4 is 14.8 Å². The van der Waals surface area contributed by atoms with E-state index in [0.29, 0.717) is 29.1 Å². The Labute approximate surface area is 231 Å². The smallest absolute Gasteiger partial charge is 0.337 e. The molecule has 40 heavy (non-hydrogen) atoms. The highest BCUT2D eigenvalue weighted by Crippen LogP contribution is 2.49. The number of nitro groups is 1. The fourth-order valence-electron chi connectivity index (χ4n) is 6.16. The molecule has 10 nitrogen and oxygen atoms in total. The van der Waals surface area contributed by atoms with Crippen molar-refractivity contribution in [2.75, 3.05) is 14.2 Å². The molecular formula is C30H32N2O8. The van der Waals surface area contributed by atoms with Crippen LogP contribution in [0.25, 0.3) is 0 Å². The third-order valence-corrected chi connectivity index (χ3v) is 8.03. The third-order valence-electron chi connectivity index (χ3n) is 8.03. The van der Waals surface area contributed by atoms with Gasteiger partial charge in [-0.05, 0) is 62.3 Å². The van der Waals surface area contributed by atoms with Crippen LogP contribution in [0, 0.1) is 10.1 Å². The SMILES string of the molecule is COc1ccccc1[C@@H]1CC(=O)C2=C(C1)NC(C)=C(C(=O)OC1CCCC1)[C@@H]2c1cc(OC)c(O)c([N+](=O)[O-])c1. The van der Waals surface area contributed by atoms with Crippen molar-refractivity contribution in [3.63, 3.8) is 0 Å². The molecule has 0 spiro atoms. The average Bonchev–Trinajstić information content (AvgIpc) is 3.45. The van der Waals surface area contributed by atoms with Gasteiger partial charge in [-0.15, -0.1) is 0 Å². The number of nitrogens with zero attached hydrogens (tertiary/aromatic N) is 1. The quantitative estimate of drug-likeness (QED) is 0.273. The molecule has 2 atom stereocenters. The lowest BCUT2D eigenvalue weighted by atomic mass is 9.71. The summed E-state index contributed by atoms with van der Waals surface area (Å²) in [5.74, 6) is -1.93. The fraction of sp³-hybridized carbons (Fsp3) is 0.400. The van der Waals surface area contributed by atoms with Gasteiger partial charge in [0.1, 0.15) is 11.9 Å². The summed E-state index contributed by atoms with van der Waals surface area (Å²) in [5, 5.41) is 25.5. The number of carbonyl (C=O) groups excluding carboxylic acids is 2. The van der Waals surface area contributed by atoms with Crippen LogP contribution in [0.15, 0.2) is 58.9 Å².